The van der Waals surface area contributed by atoms with Crippen molar-refractivity contribution in [1.82, 2.24) is 4.98 Å². The Balaban J connectivity index is 1.72. The number of unbranched alkanes of at least 4 members (excludes halogenated alkanes) is 1. The van der Waals surface area contributed by atoms with Gasteiger partial charge in [0.25, 0.3) is 5.91 Å². The summed E-state index contributed by atoms with van der Waals surface area (Å²) in [5, 5.41) is 3.16. The molecule has 0 fully saturated rings. The molecule has 1 N–H and O–H groups in total. The first kappa shape index (κ1) is 23.5. The molecule has 1 aromatic heterocycles. The van der Waals surface area contributed by atoms with Crippen LogP contribution in [0.1, 0.15) is 65.1 Å². The molecule has 3 rings (SSSR count). The van der Waals surface area contributed by atoms with E-state index in [1.165, 1.54) is 5.56 Å². The molecule has 0 aliphatic rings. The molecule has 0 bridgehead atoms. The molecular formula is C28H34N2O2. The zero-order valence-corrected chi connectivity index (χ0v) is 19.7. The molecule has 0 aliphatic heterocycles. The van der Waals surface area contributed by atoms with Crippen LogP contribution in [0.3, 0.4) is 0 Å². The number of benzene rings is 2. The van der Waals surface area contributed by atoms with E-state index in [0.29, 0.717) is 23.6 Å². The van der Waals surface area contributed by atoms with Crippen molar-refractivity contribution in [1.29, 1.82) is 0 Å². The van der Waals surface area contributed by atoms with Crippen molar-refractivity contribution in [2.24, 2.45) is 0 Å². The average molecular weight is 431 g/mol. The lowest BCUT2D eigenvalue weighted by molar-refractivity contribution is 0.102. The van der Waals surface area contributed by atoms with Crippen molar-refractivity contribution in [2.45, 2.75) is 59.8 Å². The fourth-order valence-electron chi connectivity index (χ4n) is 4.02. The number of carbonyl (C=O) groups excluding carboxylic acids is 1. The summed E-state index contributed by atoms with van der Waals surface area (Å²) in [4.78, 5) is 17.9. The summed E-state index contributed by atoms with van der Waals surface area (Å²) < 4.78 is 6.11. The van der Waals surface area contributed by atoms with Crippen LogP contribution < -0.4 is 10.1 Å². The number of hydrogen-bond donors (Lipinski definition) is 1. The van der Waals surface area contributed by atoms with E-state index in [-0.39, 0.29) is 5.91 Å². The molecule has 2 aromatic carbocycles. The van der Waals surface area contributed by atoms with Gasteiger partial charge in [0.15, 0.2) is 0 Å². The largest absolute Gasteiger partial charge is 0.493 e. The summed E-state index contributed by atoms with van der Waals surface area (Å²) in [6.07, 6.45) is 4.71. The topological polar surface area (TPSA) is 51.2 Å². The van der Waals surface area contributed by atoms with Crippen LogP contribution in [-0.2, 0) is 19.3 Å². The maximum atomic E-state index is 13.3. The molecule has 0 unspecified atom stereocenters. The number of para-hydroxylation sites is 1. The Morgan fingerprint density at radius 2 is 1.62 bits per heavy atom. The van der Waals surface area contributed by atoms with Gasteiger partial charge in [0.2, 0.25) is 0 Å². The van der Waals surface area contributed by atoms with Gasteiger partial charge in [0, 0.05) is 17.4 Å². The van der Waals surface area contributed by atoms with Gasteiger partial charge in [-0.15, -0.1) is 0 Å². The van der Waals surface area contributed by atoms with E-state index in [1.807, 2.05) is 26.0 Å². The number of amides is 1. The lowest BCUT2D eigenvalue weighted by Crippen LogP contribution is -2.18. The Morgan fingerprint density at radius 3 is 2.28 bits per heavy atom. The van der Waals surface area contributed by atoms with Gasteiger partial charge in [-0.1, -0.05) is 62.4 Å². The first-order chi connectivity index (χ1) is 15.5. The molecule has 0 radical (unpaired) electrons. The van der Waals surface area contributed by atoms with E-state index in [9.17, 15) is 4.79 Å². The summed E-state index contributed by atoms with van der Waals surface area (Å²) >= 11 is 0. The van der Waals surface area contributed by atoms with Gasteiger partial charge in [-0.25, -0.2) is 0 Å². The highest BCUT2D eigenvalue weighted by molar-refractivity contribution is 6.07. The van der Waals surface area contributed by atoms with Gasteiger partial charge < -0.3 is 10.1 Å². The predicted octanol–water partition coefficient (Wildman–Crippen LogP) is 6.48. The van der Waals surface area contributed by atoms with Gasteiger partial charge in [0.05, 0.1) is 12.3 Å². The second kappa shape index (κ2) is 11.5. The first-order valence-corrected chi connectivity index (χ1v) is 11.6. The van der Waals surface area contributed by atoms with E-state index in [2.05, 4.69) is 66.6 Å². The van der Waals surface area contributed by atoms with E-state index >= 15 is 0 Å². The van der Waals surface area contributed by atoms with Crippen molar-refractivity contribution in [3.8, 4) is 5.75 Å². The summed E-state index contributed by atoms with van der Waals surface area (Å²) in [7, 11) is 0. The van der Waals surface area contributed by atoms with Gasteiger partial charge in [0.1, 0.15) is 11.3 Å². The Morgan fingerprint density at radius 1 is 0.938 bits per heavy atom. The van der Waals surface area contributed by atoms with E-state index < -0.39 is 0 Å². The standard InChI is InChI=1S/C28H34N2O2/c1-5-23-16-12-17-24(6-2)27(23)30-28(31)26-21(4)29-20(3)19-25(26)32-18-11-10-15-22-13-8-7-9-14-22/h7-9,12-14,16-17,19H,5-6,10-11,15,18H2,1-4H3,(H,30,31). The number of rotatable bonds is 10. The quantitative estimate of drug-likeness (QED) is 0.375. The molecule has 0 spiro atoms. The van der Waals surface area contributed by atoms with Crippen molar-refractivity contribution in [3.63, 3.8) is 0 Å². The van der Waals surface area contributed by atoms with Crippen LogP contribution in [0.25, 0.3) is 0 Å². The Bertz CT molecular complexity index is 1020. The lowest BCUT2D eigenvalue weighted by atomic mass is 10.0. The molecule has 32 heavy (non-hydrogen) atoms. The maximum Gasteiger partial charge on any atom is 0.261 e. The molecule has 0 atom stereocenters. The monoisotopic (exact) mass is 430 g/mol. The fraction of sp³-hybridized carbons (Fsp3) is 0.357. The lowest BCUT2D eigenvalue weighted by Gasteiger charge is -2.17. The Hall–Kier alpha value is -3.14. The highest BCUT2D eigenvalue weighted by Crippen LogP contribution is 2.27. The molecule has 1 amide bonds. The van der Waals surface area contributed by atoms with Gasteiger partial charge in [-0.3, -0.25) is 9.78 Å². The van der Waals surface area contributed by atoms with Crippen LogP contribution in [0.4, 0.5) is 5.69 Å². The summed E-state index contributed by atoms with van der Waals surface area (Å²) in [5.41, 5.74) is 6.58. The third kappa shape index (κ3) is 5.97. The van der Waals surface area contributed by atoms with Crippen LogP contribution in [0.5, 0.6) is 5.75 Å². The summed E-state index contributed by atoms with van der Waals surface area (Å²) in [5.74, 6) is 0.448. The maximum absolute atomic E-state index is 13.3. The minimum Gasteiger partial charge on any atom is -0.493 e. The van der Waals surface area contributed by atoms with Crippen LogP contribution in [-0.4, -0.2) is 17.5 Å². The number of nitrogens with zero attached hydrogens (tertiary/aromatic N) is 1. The zero-order valence-electron chi connectivity index (χ0n) is 19.7. The minimum atomic E-state index is -0.162. The second-order valence-corrected chi connectivity index (χ2v) is 8.13. The van der Waals surface area contributed by atoms with Crippen LogP contribution in [0.2, 0.25) is 0 Å². The highest BCUT2D eigenvalue weighted by atomic mass is 16.5. The molecule has 168 valence electrons. The van der Waals surface area contributed by atoms with Gasteiger partial charge in [-0.05, 0) is 62.6 Å². The Labute approximate surface area is 192 Å². The Kier molecular flexibility index (Phi) is 8.43. The van der Waals surface area contributed by atoms with Crippen molar-refractivity contribution < 1.29 is 9.53 Å². The zero-order chi connectivity index (χ0) is 22.9. The SMILES string of the molecule is CCc1cccc(CC)c1NC(=O)c1c(OCCCCc2ccccc2)cc(C)nc1C. The third-order valence-electron chi connectivity index (χ3n) is 5.72. The normalized spacial score (nSPS) is 10.8. The van der Waals surface area contributed by atoms with Crippen LogP contribution in [0.15, 0.2) is 54.6 Å². The number of aryl methyl sites for hydroxylation is 5. The third-order valence-corrected chi connectivity index (χ3v) is 5.72. The van der Waals surface area contributed by atoms with Crippen molar-refractivity contribution in [3.05, 3.63) is 88.2 Å². The highest BCUT2D eigenvalue weighted by Gasteiger charge is 2.20. The molecule has 0 saturated heterocycles. The molecule has 3 aromatic rings. The number of pyridine rings is 1. The molecule has 0 aliphatic carbocycles. The van der Waals surface area contributed by atoms with Gasteiger partial charge >= 0.3 is 0 Å². The predicted molar refractivity (Wildman–Crippen MR) is 132 cm³/mol. The number of hydrogen-bond acceptors (Lipinski definition) is 3. The fourth-order valence-corrected chi connectivity index (χ4v) is 4.02. The number of nitrogens with one attached hydrogen (secondary N) is 1. The second-order valence-electron chi connectivity index (χ2n) is 8.13. The molecular weight excluding hydrogens is 396 g/mol. The molecule has 4 heteroatoms. The van der Waals surface area contributed by atoms with Gasteiger partial charge in [-0.2, -0.15) is 0 Å². The number of carbonyl (C=O) groups is 1. The van der Waals surface area contributed by atoms with Crippen LogP contribution >= 0.6 is 0 Å². The number of ether oxygens (including phenoxy) is 1. The van der Waals surface area contributed by atoms with Crippen LogP contribution in [0, 0.1) is 13.8 Å². The number of anilines is 1. The number of aromatic nitrogens is 1. The van der Waals surface area contributed by atoms with E-state index in [1.54, 1.807) is 0 Å². The van der Waals surface area contributed by atoms with E-state index in [4.69, 9.17) is 4.74 Å². The molecule has 4 nitrogen and oxygen atoms in total. The minimum absolute atomic E-state index is 0.162. The van der Waals surface area contributed by atoms with Crippen molar-refractivity contribution in [2.75, 3.05) is 11.9 Å². The molecule has 1 heterocycles. The summed E-state index contributed by atoms with van der Waals surface area (Å²) in [6, 6.07) is 18.5. The smallest absolute Gasteiger partial charge is 0.261 e. The van der Waals surface area contributed by atoms with E-state index in [0.717, 1.165) is 54.6 Å². The van der Waals surface area contributed by atoms with Crippen molar-refractivity contribution >= 4 is 11.6 Å². The summed E-state index contributed by atoms with van der Waals surface area (Å²) in [6.45, 7) is 8.58. The first-order valence-electron chi connectivity index (χ1n) is 11.6. The molecule has 0 saturated carbocycles. The average Bonchev–Trinajstić information content (AvgIpc) is 2.79.